The lowest BCUT2D eigenvalue weighted by Crippen LogP contribution is -2.39. The number of hydrogen-bond donors (Lipinski definition) is 0. The second-order valence-corrected chi connectivity index (χ2v) is 5.53. The van der Waals surface area contributed by atoms with E-state index in [-0.39, 0.29) is 6.04 Å². The lowest BCUT2D eigenvalue weighted by molar-refractivity contribution is -0.0172. The number of imidazole rings is 1. The van der Waals surface area contributed by atoms with Crippen LogP contribution in [0.4, 0.5) is 0 Å². The maximum absolute atomic E-state index is 5.57. The number of aromatic nitrogens is 4. The molecule has 3 aromatic rings. The molecule has 7 nitrogen and oxygen atoms in total. The zero-order valence-electron chi connectivity index (χ0n) is 12.3. The third kappa shape index (κ3) is 2.38. The highest BCUT2D eigenvalue weighted by Crippen LogP contribution is 2.23. The summed E-state index contributed by atoms with van der Waals surface area (Å²) in [6.45, 7) is 4.97. The van der Waals surface area contributed by atoms with Gasteiger partial charge in [0.15, 0.2) is 5.82 Å². The summed E-state index contributed by atoms with van der Waals surface area (Å²) in [7, 11) is 0. The van der Waals surface area contributed by atoms with E-state index >= 15 is 0 Å². The number of pyridine rings is 1. The van der Waals surface area contributed by atoms with E-state index < -0.39 is 0 Å². The Morgan fingerprint density at radius 3 is 3.18 bits per heavy atom. The van der Waals surface area contributed by atoms with Crippen LogP contribution in [0.3, 0.4) is 0 Å². The molecule has 0 amide bonds. The van der Waals surface area contributed by atoms with Crippen LogP contribution in [0.5, 0.6) is 0 Å². The molecule has 0 spiro atoms. The summed E-state index contributed by atoms with van der Waals surface area (Å²) in [6.07, 6.45) is 5.35. The Labute approximate surface area is 127 Å². The fraction of sp³-hybridized carbons (Fsp3) is 0.400. The van der Waals surface area contributed by atoms with Crippen molar-refractivity contribution in [1.82, 2.24) is 24.4 Å². The molecule has 1 aliphatic rings. The van der Waals surface area contributed by atoms with Crippen molar-refractivity contribution in [1.29, 1.82) is 0 Å². The molecule has 0 N–H and O–H groups in total. The second-order valence-electron chi connectivity index (χ2n) is 5.53. The first kappa shape index (κ1) is 13.4. The van der Waals surface area contributed by atoms with E-state index in [4.69, 9.17) is 9.26 Å². The van der Waals surface area contributed by atoms with Crippen LogP contribution in [0, 0.1) is 6.92 Å². The molecular weight excluding hydrogens is 282 g/mol. The Morgan fingerprint density at radius 2 is 2.32 bits per heavy atom. The summed E-state index contributed by atoms with van der Waals surface area (Å²) in [5.74, 6) is 0.671. The SMILES string of the molecule is Cc1ccn2c(CN3CCOCC3c3ncon3)cnc2c1. The van der Waals surface area contributed by atoms with Crippen molar-refractivity contribution in [2.45, 2.75) is 19.5 Å². The van der Waals surface area contributed by atoms with E-state index in [1.807, 2.05) is 6.20 Å². The van der Waals surface area contributed by atoms with Crippen molar-refractivity contribution < 1.29 is 9.26 Å². The van der Waals surface area contributed by atoms with Gasteiger partial charge >= 0.3 is 0 Å². The summed E-state index contributed by atoms with van der Waals surface area (Å²) in [4.78, 5) is 11.0. The van der Waals surface area contributed by atoms with Gasteiger partial charge in [-0.25, -0.2) is 4.98 Å². The Hall–Kier alpha value is -2.25. The first-order valence-electron chi connectivity index (χ1n) is 7.32. The van der Waals surface area contributed by atoms with Gasteiger partial charge in [-0.15, -0.1) is 0 Å². The molecule has 0 saturated carbocycles. The predicted molar refractivity (Wildman–Crippen MR) is 78.2 cm³/mol. The zero-order valence-corrected chi connectivity index (χ0v) is 12.3. The van der Waals surface area contributed by atoms with Gasteiger partial charge < -0.3 is 13.7 Å². The molecule has 1 atom stereocenters. The molecule has 0 radical (unpaired) electrons. The molecule has 1 unspecified atom stereocenters. The van der Waals surface area contributed by atoms with Crippen molar-refractivity contribution >= 4 is 5.65 Å². The van der Waals surface area contributed by atoms with Gasteiger partial charge in [-0.2, -0.15) is 4.98 Å². The van der Waals surface area contributed by atoms with Gasteiger partial charge in [-0.3, -0.25) is 4.90 Å². The normalized spacial score (nSPS) is 19.8. The average Bonchev–Trinajstić information content (AvgIpc) is 3.18. The van der Waals surface area contributed by atoms with Gasteiger partial charge in [0.2, 0.25) is 6.39 Å². The predicted octanol–water partition coefficient (Wildman–Crippen LogP) is 1.60. The smallest absolute Gasteiger partial charge is 0.213 e. The van der Waals surface area contributed by atoms with Crippen molar-refractivity contribution in [2.75, 3.05) is 19.8 Å². The Bertz CT molecular complexity index is 767. The van der Waals surface area contributed by atoms with Crippen molar-refractivity contribution in [3.63, 3.8) is 0 Å². The molecule has 114 valence electrons. The van der Waals surface area contributed by atoms with Gasteiger partial charge in [0.05, 0.1) is 31.1 Å². The van der Waals surface area contributed by atoms with Crippen LogP contribution >= 0.6 is 0 Å². The van der Waals surface area contributed by atoms with E-state index in [0.717, 1.165) is 24.4 Å². The molecular formula is C15H17N5O2. The molecule has 1 saturated heterocycles. The summed E-state index contributed by atoms with van der Waals surface area (Å²) >= 11 is 0. The van der Waals surface area contributed by atoms with Crippen molar-refractivity contribution in [3.8, 4) is 0 Å². The Kier molecular flexibility index (Phi) is 3.36. The molecule has 3 aromatic heterocycles. The van der Waals surface area contributed by atoms with Gasteiger partial charge in [-0.1, -0.05) is 5.16 Å². The molecule has 4 heterocycles. The lowest BCUT2D eigenvalue weighted by Gasteiger charge is -2.33. The van der Waals surface area contributed by atoms with Crippen LogP contribution in [0.25, 0.3) is 5.65 Å². The van der Waals surface area contributed by atoms with Crippen molar-refractivity contribution in [2.24, 2.45) is 0 Å². The third-order valence-electron chi connectivity index (χ3n) is 4.03. The van der Waals surface area contributed by atoms with Gasteiger partial charge in [0.25, 0.3) is 0 Å². The van der Waals surface area contributed by atoms with Crippen LogP contribution < -0.4 is 0 Å². The molecule has 1 fully saturated rings. The van der Waals surface area contributed by atoms with E-state index in [1.165, 1.54) is 12.0 Å². The lowest BCUT2D eigenvalue weighted by atomic mass is 10.2. The maximum atomic E-state index is 5.57. The number of morpholine rings is 1. The summed E-state index contributed by atoms with van der Waals surface area (Å²) in [6, 6.07) is 4.19. The average molecular weight is 299 g/mol. The van der Waals surface area contributed by atoms with E-state index in [2.05, 4.69) is 49.7 Å². The molecule has 0 aliphatic carbocycles. The number of hydrogen-bond acceptors (Lipinski definition) is 6. The van der Waals surface area contributed by atoms with Gasteiger partial charge in [0.1, 0.15) is 5.65 Å². The van der Waals surface area contributed by atoms with Gasteiger partial charge in [-0.05, 0) is 24.6 Å². The largest absolute Gasteiger partial charge is 0.378 e. The van der Waals surface area contributed by atoms with Crippen LogP contribution in [0.1, 0.15) is 23.1 Å². The van der Waals surface area contributed by atoms with Crippen molar-refractivity contribution in [3.05, 3.63) is 48.0 Å². The highest BCUT2D eigenvalue weighted by molar-refractivity contribution is 5.42. The molecule has 0 aromatic carbocycles. The minimum atomic E-state index is 0.0171. The summed E-state index contributed by atoms with van der Waals surface area (Å²) < 4.78 is 12.6. The zero-order chi connectivity index (χ0) is 14.9. The second kappa shape index (κ2) is 5.51. The first-order valence-corrected chi connectivity index (χ1v) is 7.32. The first-order chi connectivity index (χ1) is 10.8. The molecule has 7 heteroatoms. The van der Waals surface area contributed by atoms with E-state index in [9.17, 15) is 0 Å². The molecule has 22 heavy (non-hydrogen) atoms. The Balaban J connectivity index is 1.62. The van der Waals surface area contributed by atoms with Crippen LogP contribution in [-0.2, 0) is 11.3 Å². The Morgan fingerprint density at radius 1 is 1.36 bits per heavy atom. The fourth-order valence-electron chi connectivity index (χ4n) is 2.85. The topological polar surface area (TPSA) is 68.7 Å². The molecule has 0 bridgehead atoms. The highest BCUT2D eigenvalue weighted by Gasteiger charge is 2.28. The van der Waals surface area contributed by atoms with Crippen LogP contribution in [-0.4, -0.2) is 44.2 Å². The number of rotatable bonds is 3. The van der Waals surface area contributed by atoms with Crippen LogP contribution in [0.2, 0.25) is 0 Å². The fourth-order valence-corrected chi connectivity index (χ4v) is 2.85. The third-order valence-corrected chi connectivity index (χ3v) is 4.03. The monoisotopic (exact) mass is 299 g/mol. The number of fused-ring (bicyclic) bond motifs is 1. The highest BCUT2D eigenvalue weighted by atomic mass is 16.5. The van der Waals surface area contributed by atoms with Gasteiger partial charge in [0, 0.05) is 19.3 Å². The number of ether oxygens (including phenoxy) is 1. The quantitative estimate of drug-likeness (QED) is 0.731. The molecule has 1 aliphatic heterocycles. The summed E-state index contributed by atoms with van der Waals surface area (Å²) in [5, 5.41) is 3.96. The maximum Gasteiger partial charge on any atom is 0.213 e. The number of aryl methyl sites for hydroxylation is 1. The molecule has 4 rings (SSSR count). The summed E-state index contributed by atoms with van der Waals surface area (Å²) in [5.41, 5.74) is 3.32. The number of nitrogens with zero attached hydrogens (tertiary/aromatic N) is 5. The van der Waals surface area contributed by atoms with Crippen LogP contribution in [0.15, 0.2) is 35.4 Å². The minimum absolute atomic E-state index is 0.0171. The minimum Gasteiger partial charge on any atom is -0.378 e. The standard InChI is InChI=1S/C15H17N5O2/c1-11-2-3-20-12(7-16-14(20)6-11)8-19-4-5-21-9-13(19)15-17-10-22-18-15/h2-3,6-7,10,13H,4-5,8-9H2,1H3. The van der Waals surface area contributed by atoms with E-state index in [1.54, 1.807) is 0 Å². The van der Waals surface area contributed by atoms with E-state index in [0.29, 0.717) is 19.0 Å².